The highest BCUT2D eigenvalue weighted by Crippen LogP contribution is 2.21. The number of unbranched alkanes of at least 4 members (excludes halogenated alkanes) is 3. The molecule has 154 valence electrons. The van der Waals surface area contributed by atoms with Crippen molar-refractivity contribution in [2.45, 2.75) is 52.9 Å². The minimum absolute atomic E-state index is 0.635. The van der Waals surface area contributed by atoms with Crippen LogP contribution in [0.4, 0.5) is 17.2 Å². The van der Waals surface area contributed by atoms with E-state index >= 15 is 0 Å². The van der Waals surface area contributed by atoms with Crippen molar-refractivity contribution in [1.29, 1.82) is 5.26 Å². The summed E-state index contributed by atoms with van der Waals surface area (Å²) in [7, 11) is 0. The maximum absolute atomic E-state index is 8.89. The Hall–Kier alpha value is -3.02. The molecule has 2 rings (SSSR count). The van der Waals surface area contributed by atoms with Crippen LogP contribution in [0.1, 0.15) is 64.0 Å². The van der Waals surface area contributed by atoms with Gasteiger partial charge in [-0.1, -0.05) is 39.0 Å². The van der Waals surface area contributed by atoms with Crippen LogP contribution in [0.15, 0.2) is 36.5 Å². The van der Waals surface area contributed by atoms with Crippen molar-refractivity contribution < 1.29 is 0 Å². The molecule has 2 aromatic rings. The van der Waals surface area contributed by atoms with Crippen LogP contribution < -0.4 is 16.4 Å². The molecule has 0 spiro atoms. The first-order valence-electron chi connectivity index (χ1n) is 10.5. The lowest BCUT2D eigenvalue weighted by Gasteiger charge is -2.11. The van der Waals surface area contributed by atoms with E-state index in [0.717, 1.165) is 67.9 Å². The SMILES string of the molecule is CC.CCCNc1cc(Nc2ccc(C#N)cc2)ncc1C#CCCCCCN. The zero-order chi connectivity index (χ0) is 21.3. The maximum Gasteiger partial charge on any atom is 0.132 e. The number of pyridine rings is 1. The third kappa shape index (κ3) is 9.14. The fourth-order valence-corrected chi connectivity index (χ4v) is 2.50. The quantitative estimate of drug-likeness (QED) is 0.393. The van der Waals surface area contributed by atoms with Gasteiger partial charge in [0.1, 0.15) is 5.82 Å². The lowest BCUT2D eigenvalue weighted by Crippen LogP contribution is -2.04. The highest BCUT2D eigenvalue weighted by atomic mass is 15.0. The second-order valence-electron chi connectivity index (χ2n) is 6.26. The average Bonchev–Trinajstić information content (AvgIpc) is 2.77. The zero-order valence-electron chi connectivity index (χ0n) is 17.9. The van der Waals surface area contributed by atoms with E-state index < -0.39 is 0 Å². The molecule has 4 N–H and O–H groups in total. The molecule has 0 amide bonds. The summed E-state index contributed by atoms with van der Waals surface area (Å²) in [5, 5.41) is 15.6. The molecule has 1 heterocycles. The number of benzene rings is 1. The molecular weight excluding hydrogens is 358 g/mol. The number of nitriles is 1. The molecule has 0 unspecified atom stereocenters. The summed E-state index contributed by atoms with van der Waals surface area (Å²) in [4.78, 5) is 4.48. The molecule has 0 fully saturated rings. The molecule has 5 heteroatoms. The Morgan fingerprint density at radius 2 is 1.86 bits per heavy atom. The average molecular weight is 392 g/mol. The van der Waals surface area contributed by atoms with Crippen molar-refractivity contribution in [1.82, 2.24) is 4.98 Å². The molecule has 0 saturated heterocycles. The fraction of sp³-hybridized carbons (Fsp3) is 0.417. The van der Waals surface area contributed by atoms with Gasteiger partial charge in [0.2, 0.25) is 0 Å². The second-order valence-corrected chi connectivity index (χ2v) is 6.26. The molecule has 0 aliphatic carbocycles. The van der Waals surface area contributed by atoms with E-state index in [1.165, 1.54) is 0 Å². The number of aromatic nitrogens is 1. The molecule has 0 saturated carbocycles. The lowest BCUT2D eigenvalue weighted by molar-refractivity contribution is 0.701. The number of nitrogens with one attached hydrogen (secondary N) is 2. The van der Waals surface area contributed by atoms with Gasteiger partial charge in [-0.05, 0) is 50.1 Å². The van der Waals surface area contributed by atoms with Crippen molar-refractivity contribution in [3.05, 3.63) is 47.7 Å². The lowest BCUT2D eigenvalue weighted by atomic mass is 10.1. The van der Waals surface area contributed by atoms with Crippen LogP contribution in [0.2, 0.25) is 0 Å². The van der Waals surface area contributed by atoms with E-state index in [-0.39, 0.29) is 0 Å². The smallest absolute Gasteiger partial charge is 0.132 e. The molecule has 0 aliphatic rings. The van der Waals surface area contributed by atoms with E-state index in [2.05, 4.69) is 40.5 Å². The molecule has 0 bridgehead atoms. The molecule has 5 nitrogen and oxygen atoms in total. The van der Waals surface area contributed by atoms with Gasteiger partial charge in [-0.2, -0.15) is 5.26 Å². The van der Waals surface area contributed by atoms with Crippen LogP contribution in [0.25, 0.3) is 0 Å². The van der Waals surface area contributed by atoms with E-state index in [4.69, 9.17) is 11.0 Å². The van der Waals surface area contributed by atoms with Gasteiger partial charge < -0.3 is 16.4 Å². The number of nitrogens with zero attached hydrogens (tertiary/aromatic N) is 2. The van der Waals surface area contributed by atoms with E-state index in [1.807, 2.05) is 32.0 Å². The van der Waals surface area contributed by atoms with Crippen LogP contribution in [0, 0.1) is 23.2 Å². The molecule has 0 aliphatic heterocycles. The first kappa shape index (κ1) is 24.0. The Kier molecular flexibility index (Phi) is 12.4. The maximum atomic E-state index is 8.89. The molecular formula is C24H33N5. The summed E-state index contributed by atoms with van der Waals surface area (Å²) in [6.07, 6.45) is 6.97. The van der Waals surface area contributed by atoms with Crippen LogP contribution in [0.3, 0.4) is 0 Å². The third-order valence-electron chi connectivity index (χ3n) is 3.98. The Labute approximate surface area is 175 Å². The first-order chi connectivity index (χ1) is 14.3. The van der Waals surface area contributed by atoms with Gasteiger partial charge in [-0.25, -0.2) is 4.98 Å². The van der Waals surface area contributed by atoms with Crippen LogP contribution in [-0.4, -0.2) is 18.1 Å². The Balaban J connectivity index is 0.00000204. The number of hydrogen-bond acceptors (Lipinski definition) is 5. The van der Waals surface area contributed by atoms with Gasteiger partial charge >= 0.3 is 0 Å². The Bertz CT molecular complexity index is 810. The molecule has 29 heavy (non-hydrogen) atoms. The minimum atomic E-state index is 0.635. The Morgan fingerprint density at radius 3 is 2.52 bits per heavy atom. The summed E-state index contributed by atoms with van der Waals surface area (Å²) in [6.45, 7) is 7.76. The van der Waals surface area contributed by atoms with Crippen molar-refractivity contribution in [3.63, 3.8) is 0 Å². The van der Waals surface area contributed by atoms with Crippen LogP contribution in [-0.2, 0) is 0 Å². The topological polar surface area (TPSA) is 86.8 Å². The van der Waals surface area contributed by atoms with E-state index in [9.17, 15) is 0 Å². The predicted molar refractivity (Wildman–Crippen MR) is 123 cm³/mol. The van der Waals surface area contributed by atoms with E-state index in [0.29, 0.717) is 5.56 Å². The van der Waals surface area contributed by atoms with Crippen molar-refractivity contribution in [3.8, 4) is 17.9 Å². The van der Waals surface area contributed by atoms with Crippen LogP contribution >= 0.6 is 0 Å². The first-order valence-corrected chi connectivity index (χ1v) is 10.5. The highest BCUT2D eigenvalue weighted by Gasteiger charge is 2.04. The summed E-state index contributed by atoms with van der Waals surface area (Å²) in [5.41, 5.74) is 8.93. The minimum Gasteiger partial charge on any atom is -0.384 e. The van der Waals surface area contributed by atoms with Crippen molar-refractivity contribution in [2.75, 3.05) is 23.7 Å². The normalized spacial score (nSPS) is 9.34. The summed E-state index contributed by atoms with van der Waals surface area (Å²) in [6, 6.07) is 11.4. The summed E-state index contributed by atoms with van der Waals surface area (Å²) >= 11 is 0. The highest BCUT2D eigenvalue weighted by molar-refractivity contribution is 5.66. The largest absolute Gasteiger partial charge is 0.384 e. The second kappa shape index (κ2) is 15.0. The Morgan fingerprint density at radius 1 is 1.10 bits per heavy atom. The molecule has 0 atom stereocenters. The van der Waals surface area contributed by atoms with Gasteiger partial charge in [0.15, 0.2) is 0 Å². The van der Waals surface area contributed by atoms with Crippen LogP contribution in [0.5, 0.6) is 0 Å². The predicted octanol–water partition coefficient (Wildman–Crippen LogP) is 5.42. The van der Waals surface area contributed by atoms with Gasteiger partial charge in [-0.15, -0.1) is 0 Å². The number of hydrogen-bond donors (Lipinski definition) is 3. The van der Waals surface area contributed by atoms with E-state index in [1.54, 1.807) is 18.3 Å². The molecule has 1 aromatic heterocycles. The van der Waals surface area contributed by atoms with Gasteiger partial charge in [0.25, 0.3) is 0 Å². The van der Waals surface area contributed by atoms with Gasteiger partial charge in [0, 0.05) is 30.9 Å². The third-order valence-corrected chi connectivity index (χ3v) is 3.98. The number of anilines is 3. The van der Waals surface area contributed by atoms with Crippen molar-refractivity contribution in [2.24, 2.45) is 5.73 Å². The fourth-order valence-electron chi connectivity index (χ4n) is 2.50. The molecule has 0 radical (unpaired) electrons. The van der Waals surface area contributed by atoms with Gasteiger partial charge in [0.05, 0.1) is 22.9 Å². The summed E-state index contributed by atoms with van der Waals surface area (Å²) < 4.78 is 0. The van der Waals surface area contributed by atoms with Crippen molar-refractivity contribution >= 4 is 17.2 Å². The standard InChI is InChI=1S/C22H27N5.C2H6/c1-2-14-25-21-15-22(27-20-11-9-18(16-24)10-12-20)26-17-19(21)8-6-4-3-5-7-13-23;1-2/h9-12,15,17H,2-5,7,13-14,23H2,1H3,(H2,25,26,27);1-2H3. The monoisotopic (exact) mass is 391 g/mol. The molecule has 1 aromatic carbocycles. The zero-order valence-corrected chi connectivity index (χ0v) is 17.9. The summed E-state index contributed by atoms with van der Waals surface area (Å²) in [5.74, 6) is 7.21. The number of nitrogens with two attached hydrogens (primary N) is 1. The number of rotatable bonds is 9. The van der Waals surface area contributed by atoms with Gasteiger partial charge in [-0.3, -0.25) is 0 Å².